The maximum Gasteiger partial charge on any atom is 0.147 e. The van der Waals surface area contributed by atoms with Crippen molar-refractivity contribution in [2.45, 2.75) is 20.8 Å². The maximum absolute atomic E-state index is 11.6. The number of hydrogen-bond acceptors (Lipinski definition) is 2. The molecule has 0 aromatic carbocycles. The van der Waals surface area contributed by atoms with Crippen LogP contribution in [0.5, 0.6) is 5.75 Å². The van der Waals surface area contributed by atoms with Gasteiger partial charge in [0.15, 0.2) is 0 Å². The van der Waals surface area contributed by atoms with Gasteiger partial charge in [-0.05, 0) is 12.5 Å². The van der Waals surface area contributed by atoms with Crippen molar-refractivity contribution < 1.29 is 37.2 Å². The summed E-state index contributed by atoms with van der Waals surface area (Å²) in [5.74, 6) is 0.616. The van der Waals surface area contributed by atoms with Crippen molar-refractivity contribution in [1.82, 2.24) is 4.57 Å². The summed E-state index contributed by atoms with van der Waals surface area (Å²) in [6.45, 7) is 7.20. The number of pyridine rings is 1. The molecule has 14 heavy (non-hydrogen) atoms. The summed E-state index contributed by atoms with van der Waals surface area (Å²) in [6, 6.07) is 1.84. The van der Waals surface area contributed by atoms with E-state index in [-0.39, 0.29) is 38.3 Å². The molecule has 5 heteroatoms. The molecule has 0 aliphatic rings. The van der Waals surface area contributed by atoms with E-state index in [0.717, 1.165) is 5.69 Å². The van der Waals surface area contributed by atoms with Crippen molar-refractivity contribution in [2.24, 2.45) is 0 Å². The van der Waals surface area contributed by atoms with E-state index in [2.05, 4.69) is 9.47 Å². The molecule has 0 N–H and O–H groups in total. The van der Waals surface area contributed by atoms with E-state index in [9.17, 15) is 4.79 Å². The molecule has 1 radical (unpaired) electrons. The van der Waals surface area contributed by atoms with E-state index in [0.29, 0.717) is 11.3 Å². The topological polar surface area (TPSA) is 31.2 Å². The van der Waals surface area contributed by atoms with Crippen molar-refractivity contribution in [2.75, 3.05) is 0 Å². The van der Waals surface area contributed by atoms with Crippen LogP contribution in [-0.4, -0.2) is 4.57 Å². The first-order valence-corrected chi connectivity index (χ1v) is 4.48. The minimum Gasteiger partial charge on any atom is -0.482 e. The molecule has 1 unspecified atom stereocenters. The van der Waals surface area contributed by atoms with Gasteiger partial charge in [0.1, 0.15) is 11.3 Å². The number of hydrogen-bond donors (Lipinski definition) is 0. The van der Waals surface area contributed by atoms with Gasteiger partial charge in [0, 0.05) is 32.7 Å². The second-order valence-electron chi connectivity index (χ2n) is 2.83. The van der Waals surface area contributed by atoms with Gasteiger partial charge in [0.05, 0.1) is 9.47 Å². The third-order valence-corrected chi connectivity index (χ3v) is 2.27. The summed E-state index contributed by atoms with van der Waals surface area (Å²) in [6.07, 6.45) is 0. The minimum atomic E-state index is -0.0278. The van der Waals surface area contributed by atoms with E-state index in [1.165, 1.54) is 0 Å². The summed E-state index contributed by atoms with van der Waals surface area (Å²) in [5, 5.41) is 0. The van der Waals surface area contributed by atoms with Gasteiger partial charge in [-0.1, -0.05) is 25.6 Å². The second-order valence-corrected chi connectivity index (χ2v) is 3.06. The van der Waals surface area contributed by atoms with Gasteiger partial charge in [-0.15, -0.1) is 6.54 Å². The van der Waals surface area contributed by atoms with Gasteiger partial charge >= 0.3 is 0 Å². The standard InChI is InChI=1S/C9H13NO2P.Y/c1-4-10-6(2)5-8(12-13)7(3)9(10)11;/h4-5H,13H2,1-3H3;/q-1;. The average molecular weight is 287 g/mol. The summed E-state index contributed by atoms with van der Waals surface area (Å²) in [4.78, 5) is 11.6. The van der Waals surface area contributed by atoms with Crippen LogP contribution in [0.15, 0.2) is 10.9 Å². The Kier molecular flexibility index (Phi) is 5.96. The van der Waals surface area contributed by atoms with Gasteiger partial charge in [-0.3, -0.25) is 0 Å². The second kappa shape index (κ2) is 5.90. The molecule has 1 aromatic rings. The molecular formula is C9H13NO2PY-. The van der Waals surface area contributed by atoms with Gasteiger partial charge in [0.25, 0.3) is 0 Å². The number of rotatable bonds is 2. The molecule has 3 nitrogen and oxygen atoms in total. The Bertz CT molecular complexity index is 376. The maximum atomic E-state index is 11.6. The van der Waals surface area contributed by atoms with Crippen molar-refractivity contribution in [1.29, 1.82) is 0 Å². The molecule has 0 bridgehead atoms. The van der Waals surface area contributed by atoms with E-state index in [1.807, 2.05) is 19.9 Å². The van der Waals surface area contributed by atoms with Crippen LogP contribution in [0.1, 0.15) is 18.2 Å². The zero-order valence-electron chi connectivity index (χ0n) is 8.57. The smallest absolute Gasteiger partial charge is 0.147 e. The molecule has 1 aromatic heterocycles. The van der Waals surface area contributed by atoms with Gasteiger partial charge < -0.3 is 13.9 Å². The molecular weight excluding hydrogens is 274 g/mol. The molecule has 1 heterocycles. The van der Waals surface area contributed by atoms with Gasteiger partial charge in [0.2, 0.25) is 0 Å². The fourth-order valence-corrected chi connectivity index (χ4v) is 1.50. The first kappa shape index (κ1) is 14.2. The zero-order valence-corrected chi connectivity index (χ0v) is 12.6. The van der Waals surface area contributed by atoms with Gasteiger partial charge in [-0.25, -0.2) is 0 Å². The molecule has 0 saturated carbocycles. The molecule has 75 valence electrons. The summed E-state index contributed by atoms with van der Waals surface area (Å²) in [5.41, 5.74) is 1.47. The Labute approximate surface area is 111 Å². The summed E-state index contributed by atoms with van der Waals surface area (Å²) >= 11 is 0. The van der Waals surface area contributed by atoms with Gasteiger partial charge in [-0.2, -0.15) is 0 Å². The predicted molar refractivity (Wildman–Crippen MR) is 55.9 cm³/mol. The molecule has 0 saturated heterocycles. The van der Waals surface area contributed by atoms with E-state index in [4.69, 9.17) is 4.52 Å². The van der Waals surface area contributed by atoms with Crippen LogP contribution in [0, 0.1) is 20.4 Å². The largest absolute Gasteiger partial charge is 0.482 e. The van der Waals surface area contributed by atoms with Crippen LogP contribution in [0.25, 0.3) is 0 Å². The number of aromatic nitrogens is 1. The molecule has 0 amide bonds. The predicted octanol–water partition coefficient (Wildman–Crippen LogP) is 1.66. The van der Waals surface area contributed by atoms with Crippen LogP contribution >= 0.6 is 9.47 Å². The van der Waals surface area contributed by atoms with E-state index >= 15 is 0 Å². The third kappa shape index (κ3) is 2.59. The Hall–Kier alpha value is 0.154. The molecule has 1 atom stereocenters. The Balaban J connectivity index is 0.00000169. The van der Waals surface area contributed by atoms with Crippen molar-refractivity contribution in [3.05, 3.63) is 34.2 Å². The van der Waals surface area contributed by atoms with E-state index in [1.54, 1.807) is 18.0 Å². The molecule has 1 rings (SSSR count). The van der Waals surface area contributed by atoms with Crippen LogP contribution in [0.4, 0.5) is 0 Å². The van der Waals surface area contributed by atoms with Crippen LogP contribution in [-0.2, 0) is 32.7 Å². The first-order valence-electron chi connectivity index (χ1n) is 4.00. The summed E-state index contributed by atoms with van der Waals surface area (Å²) < 4.78 is 6.60. The molecule has 0 aliphatic carbocycles. The summed E-state index contributed by atoms with van der Waals surface area (Å²) in [7, 11) is 2.15. The number of nitrogens with zero attached hydrogens (tertiary/aromatic N) is 1. The zero-order chi connectivity index (χ0) is 10.0. The fraction of sp³-hybridized carbons (Fsp3) is 0.333. The van der Waals surface area contributed by atoms with Crippen molar-refractivity contribution >= 4 is 9.47 Å². The minimum absolute atomic E-state index is 0. The third-order valence-electron chi connectivity index (χ3n) is 2.01. The fourth-order valence-electron chi connectivity index (χ4n) is 1.26. The molecule has 0 spiro atoms. The normalized spacial score (nSPS) is 9.14. The van der Waals surface area contributed by atoms with E-state index < -0.39 is 0 Å². The monoisotopic (exact) mass is 287 g/mol. The SMILES string of the molecule is C[CH-]n1c(C)cc(OP)c(C)c1=O.[Y]. The molecule has 0 aliphatic heterocycles. The Morgan fingerprint density at radius 1 is 1.50 bits per heavy atom. The average Bonchev–Trinajstić information content (AvgIpc) is 2.12. The quantitative estimate of drug-likeness (QED) is 0.612. The molecule has 0 fully saturated rings. The number of aryl methyl sites for hydroxylation is 1. The van der Waals surface area contributed by atoms with Crippen molar-refractivity contribution in [3.63, 3.8) is 0 Å². The van der Waals surface area contributed by atoms with Crippen LogP contribution in [0.3, 0.4) is 0 Å². The first-order chi connectivity index (χ1) is 6.11. The van der Waals surface area contributed by atoms with Crippen LogP contribution < -0.4 is 10.1 Å². The Morgan fingerprint density at radius 3 is 2.50 bits per heavy atom. The Morgan fingerprint density at radius 2 is 2.07 bits per heavy atom. The van der Waals surface area contributed by atoms with Crippen LogP contribution in [0.2, 0.25) is 0 Å². The van der Waals surface area contributed by atoms with Crippen molar-refractivity contribution in [3.8, 4) is 5.75 Å².